The third kappa shape index (κ3) is 2.24. The van der Waals surface area contributed by atoms with Crippen LogP contribution in [0.15, 0.2) is 12.4 Å². The molecule has 4 nitrogen and oxygen atoms in total. The number of aromatic nitrogens is 2. The SMILES string of the molecule is CCn1cc(CNC2CCN3CCCC23)cn1. The van der Waals surface area contributed by atoms with Gasteiger partial charge in [-0.1, -0.05) is 0 Å². The van der Waals surface area contributed by atoms with Gasteiger partial charge < -0.3 is 5.32 Å². The van der Waals surface area contributed by atoms with E-state index in [9.17, 15) is 0 Å². The van der Waals surface area contributed by atoms with E-state index in [1.54, 1.807) is 0 Å². The van der Waals surface area contributed by atoms with Gasteiger partial charge in [-0.2, -0.15) is 5.10 Å². The molecule has 0 radical (unpaired) electrons. The number of hydrogen-bond donors (Lipinski definition) is 1. The minimum absolute atomic E-state index is 0.697. The molecular formula is C13H22N4. The maximum atomic E-state index is 4.31. The fourth-order valence-corrected chi connectivity index (χ4v) is 3.24. The van der Waals surface area contributed by atoms with Gasteiger partial charge in [0.25, 0.3) is 0 Å². The van der Waals surface area contributed by atoms with Crippen molar-refractivity contribution >= 4 is 0 Å². The standard InChI is InChI=1S/C13H22N4/c1-2-17-10-11(9-15-17)8-14-12-5-7-16-6-3-4-13(12)16/h9-10,12-14H,2-8H2,1H3. The number of nitrogens with zero attached hydrogens (tertiary/aromatic N) is 3. The zero-order chi connectivity index (χ0) is 11.7. The summed E-state index contributed by atoms with van der Waals surface area (Å²) in [7, 11) is 0. The molecule has 4 heteroatoms. The number of nitrogens with one attached hydrogen (secondary N) is 1. The second-order valence-electron chi connectivity index (χ2n) is 5.23. The minimum atomic E-state index is 0.697. The van der Waals surface area contributed by atoms with Gasteiger partial charge in [0.15, 0.2) is 0 Å². The average Bonchev–Trinajstić information content (AvgIpc) is 3.03. The van der Waals surface area contributed by atoms with Crippen molar-refractivity contribution in [2.45, 2.75) is 51.4 Å². The van der Waals surface area contributed by atoms with Crippen molar-refractivity contribution in [2.75, 3.05) is 13.1 Å². The summed E-state index contributed by atoms with van der Waals surface area (Å²) in [6.45, 7) is 6.65. The third-order valence-electron chi connectivity index (χ3n) is 4.19. The molecule has 1 aromatic rings. The molecule has 0 aliphatic carbocycles. The zero-order valence-corrected chi connectivity index (χ0v) is 10.6. The van der Waals surface area contributed by atoms with E-state index in [1.807, 2.05) is 10.9 Å². The number of rotatable bonds is 4. The molecule has 0 saturated carbocycles. The summed E-state index contributed by atoms with van der Waals surface area (Å²) in [5.74, 6) is 0. The van der Waals surface area contributed by atoms with Crippen molar-refractivity contribution in [2.24, 2.45) is 0 Å². The van der Waals surface area contributed by atoms with Gasteiger partial charge in [-0.25, -0.2) is 0 Å². The molecule has 2 aliphatic rings. The summed E-state index contributed by atoms with van der Waals surface area (Å²) in [5, 5.41) is 8.02. The molecule has 0 bridgehead atoms. The molecule has 3 heterocycles. The first-order chi connectivity index (χ1) is 8.36. The molecule has 3 rings (SSSR count). The first kappa shape index (κ1) is 11.2. The van der Waals surface area contributed by atoms with Crippen molar-refractivity contribution in [3.8, 4) is 0 Å². The highest BCUT2D eigenvalue weighted by Gasteiger charge is 2.36. The van der Waals surface area contributed by atoms with Gasteiger partial charge in [0.05, 0.1) is 6.20 Å². The van der Waals surface area contributed by atoms with Gasteiger partial charge >= 0.3 is 0 Å². The van der Waals surface area contributed by atoms with Crippen LogP contribution < -0.4 is 5.32 Å². The van der Waals surface area contributed by atoms with Crippen LogP contribution in [0.25, 0.3) is 0 Å². The van der Waals surface area contributed by atoms with Crippen molar-refractivity contribution in [1.29, 1.82) is 0 Å². The molecule has 2 aliphatic heterocycles. The zero-order valence-electron chi connectivity index (χ0n) is 10.6. The fourth-order valence-electron chi connectivity index (χ4n) is 3.24. The van der Waals surface area contributed by atoms with Crippen LogP contribution in [0.5, 0.6) is 0 Å². The summed E-state index contributed by atoms with van der Waals surface area (Å²) in [5.41, 5.74) is 1.31. The molecule has 0 amide bonds. The van der Waals surface area contributed by atoms with E-state index in [4.69, 9.17) is 0 Å². The lowest BCUT2D eigenvalue weighted by molar-refractivity contribution is 0.298. The molecule has 1 aromatic heterocycles. The van der Waals surface area contributed by atoms with Crippen LogP contribution in [0.3, 0.4) is 0 Å². The lowest BCUT2D eigenvalue weighted by atomic mass is 10.1. The topological polar surface area (TPSA) is 33.1 Å². The van der Waals surface area contributed by atoms with E-state index in [-0.39, 0.29) is 0 Å². The number of fused-ring (bicyclic) bond motifs is 1. The molecular weight excluding hydrogens is 212 g/mol. The Morgan fingerprint density at radius 3 is 3.18 bits per heavy atom. The molecule has 94 valence electrons. The first-order valence-electron chi connectivity index (χ1n) is 6.85. The average molecular weight is 234 g/mol. The molecule has 2 saturated heterocycles. The van der Waals surface area contributed by atoms with Crippen molar-refractivity contribution in [1.82, 2.24) is 20.0 Å². The Kier molecular flexibility index (Phi) is 3.16. The monoisotopic (exact) mass is 234 g/mol. The van der Waals surface area contributed by atoms with Crippen molar-refractivity contribution < 1.29 is 0 Å². The van der Waals surface area contributed by atoms with E-state index < -0.39 is 0 Å². The van der Waals surface area contributed by atoms with Crippen LogP contribution in [-0.4, -0.2) is 39.9 Å². The van der Waals surface area contributed by atoms with Gasteiger partial charge in [-0.15, -0.1) is 0 Å². The Labute approximate surface area is 103 Å². The predicted molar refractivity (Wildman–Crippen MR) is 67.7 cm³/mol. The fraction of sp³-hybridized carbons (Fsp3) is 0.769. The molecule has 0 spiro atoms. The molecule has 17 heavy (non-hydrogen) atoms. The summed E-state index contributed by atoms with van der Waals surface area (Å²) < 4.78 is 1.99. The van der Waals surface area contributed by atoms with Crippen LogP contribution >= 0.6 is 0 Å². The van der Waals surface area contributed by atoms with Crippen LogP contribution in [0.4, 0.5) is 0 Å². The number of aryl methyl sites for hydroxylation is 1. The maximum Gasteiger partial charge on any atom is 0.0534 e. The van der Waals surface area contributed by atoms with Crippen molar-refractivity contribution in [3.63, 3.8) is 0 Å². The Hall–Kier alpha value is -0.870. The van der Waals surface area contributed by atoms with Gasteiger partial charge in [0.2, 0.25) is 0 Å². The largest absolute Gasteiger partial charge is 0.308 e. The highest BCUT2D eigenvalue weighted by molar-refractivity contribution is 5.05. The lowest BCUT2D eigenvalue weighted by Crippen LogP contribution is -2.38. The van der Waals surface area contributed by atoms with Crippen LogP contribution in [0.2, 0.25) is 0 Å². The number of hydrogen-bond acceptors (Lipinski definition) is 3. The predicted octanol–water partition coefficient (Wildman–Crippen LogP) is 1.23. The summed E-state index contributed by atoms with van der Waals surface area (Å²) in [6.07, 6.45) is 8.21. The van der Waals surface area contributed by atoms with Crippen LogP contribution in [0, 0.1) is 0 Å². The van der Waals surface area contributed by atoms with E-state index >= 15 is 0 Å². The van der Waals surface area contributed by atoms with Gasteiger partial charge in [0.1, 0.15) is 0 Å². The summed E-state index contributed by atoms with van der Waals surface area (Å²) >= 11 is 0. The van der Waals surface area contributed by atoms with E-state index in [0.717, 1.165) is 19.1 Å². The molecule has 2 fully saturated rings. The highest BCUT2D eigenvalue weighted by atomic mass is 15.3. The third-order valence-corrected chi connectivity index (χ3v) is 4.19. The minimum Gasteiger partial charge on any atom is -0.308 e. The Bertz CT molecular complexity index is 373. The quantitative estimate of drug-likeness (QED) is 0.850. The van der Waals surface area contributed by atoms with Gasteiger partial charge in [-0.05, 0) is 32.7 Å². The first-order valence-corrected chi connectivity index (χ1v) is 6.85. The molecule has 1 N–H and O–H groups in total. The highest BCUT2D eigenvalue weighted by Crippen LogP contribution is 2.27. The smallest absolute Gasteiger partial charge is 0.0534 e. The normalized spacial score (nSPS) is 28.8. The second kappa shape index (κ2) is 4.78. The maximum absolute atomic E-state index is 4.31. The Morgan fingerprint density at radius 1 is 1.41 bits per heavy atom. The van der Waals surface area contributed by atoms with Crippen LogP contribution in [-0.2, 0) is 13.1 Å². The Balaban J connectivity index is 1.54. The summed E-state index contributed by atoms with van der Waals surface area (Å²) in [6, 6.07) is 1.50. The van der Waals surface area contributed by atoms with Crippen molar-refractivity contribution in [3.05, 3.63) is 18.0 Å². The Morgan fingerprint density at radius 2 is 2.35 bits per heavy atom. The lowest BCUT2D eigenvalue weighted by Gasteiger charge is -2.20. The van der Waals surface area contributed by atoms with E-state index in [2.05, 4.69) is 28.4 Å². The van der Waals surface area contributed by atoms with Crippen LogP contribution in [0.1, 0.15) is 31.7 Å². The van der Waals surface area contributed by atoms with Gasteiger partial charge in [-0.3, -0.25) is 9.58 Å². The molecule has 2 unspecified atom stereocenters. The second-order valence-corrected chi connectivity index (χ2v) is 5.23. The van der Waals surface area contributed by atoms with E-state index in [0.29, 0.717) is 6.04 Å². The summed E-state index contributed by atoms with van der Waals surface area (Å²) in [4.78, 5) is 2.65. The molecule has 2 atom stereocenters. The van der Waals surface area contributed by atoms with E-state index in [1.165, 1.54) is 37.9 Å². The van der Waals surface area contributed by atoms with Gasteiger partial charge in [0, 0.05) is 43.5 Å². The molecule has 0 aromatic carbocycles.